The van der Waals surface area contributed by atoms with Crippen molar-refractivity contribution in [3.05, 3.63) is 101 Å². The van der Waals surface area contributed by atoms with Gasteiger partial charge in [0.2, 0.25) is 0 Å². The number of pyridine rings is 1. The molecule has 0 atom stereocenters. The van der Waals surface area contributed by atoms with Gasteiger partial charge in [-0.1, -0.05) is 66.7 Å². The molecule has 1 heterocycles. The average Bonchev–Trinajstić information content (AvgIpc) is 2.74. The van der Waals surface area contributed by atoms with E-state index >= 15 is 0 Å². The summed E-state index contributed by atoms with van der Waals surface area (Å²) in [5.41, 5.74) is 9.41. The quantitative estimate of drug-likeness (QED) is 0.471. The summed E-state index contributed by atoms with van der Waals surface area (Å²) < 4.78 is 6.20. The lowest BCUT2D eigenvalue weighted by molar-refractivity contribution is 0.0689. The molecule has 0 saturated heterocycles. The molecule has 5 nitrogen and oxygen atoms in total. The van der Waals surface area contributed by atoms with Gasteiger partial charge < -0.3 is 15.6 Å². The minimum Gasteiger partial charge on any atom is -0.488 e. The van der Waals surface area contributed by atoms with Gasteiger partial charge in [-0.3, -0.25) is 0 Å². The van der Waals surface area contributed by atoms with Crippen molar-refractivity contribution < 1.29 is 14.6 Å². The molecule has 0 fully saturated rings. The van der Waals surface area contributed by atoms with Gasteiger partial charge in [0.05, 0.1) is 11.2 Å². The number of carbonyl (C=O) groups is 1. The summed E-state index contributed by atoms with van der Waals surface area (Å²) in [6, 6.07) is 24.8. The summed E-state index contributed by atoms with van der Waals surface area (Å²) in [6.07, 6.45) is 0.393. The van der Waals surface area contributed by atoms with Gasteiger partial charge in [0.25, 0.3) is 0 Å². The molecular formula is C24H20N2O3. The highest BCUT2D eigenvalue weighted by atomic mass is 16.5. The molecule has 0 unspecified atom stereocenters. The number of carboxylic acid groups (broad SMARTS) is 1. The summed E-state index contributed by atoms with van der Waals surface area (Å²) in [5.74, 6) is -0.599. The molecule has 0 bridgehead atoms. The van der Waals surface area contributed by atoms with Crippen molar-refractivity contribution in [1.29, 1.82) is 0 Å². The minimum atomic E-state index is -1.11. The van der Waals surface area contributed by atoms with Crippen LogP contribution in [-0.4, -0.2) is 16.1 Å². The zero-order valence-corrected chi connectivity index (χ0v) is 15.7. The van der Waals surface area contributed by atoms with Gasteiger partial charge in [-0.05, 0) is 23.3 Å². The number of nitrogen functional groups attached to an aromatic ring is 1. The second-order valence-corrected chi connectivity index (χ2v) is 6.75. The van der Waals surface area contributed by atoms with Crippen LogP contribution >= 0.6 is 0 Å². The number of hydrogen-bond acceptors (Lipinski definition) is 4. The van der Waals surface area contributed by atoms with Gasteiger partial charge in [-0.15, -0.1) is 0 Å². The topological polar surface area (TPSA) is 85.4 Å². The summed E-state index contributed by atoms with van der Waals surface area (Å²) in [7, 11) is 0. The third-order valence-corrected chi connectivity index (χ3v) is 4.75. The Morgan fingerprint density at radius 2 is 1.55 bits per heavy atom. The van der Waals surface area contributed by atoms with E-state index in [9.17, 15) is 9.90 Å². The van der Waals surface area contributed by atoms with Crippen LogP contribution in [0.2, 0.25) is 0 Å². The molecule has 29 heavy (non-hydrogen) atoms. The van der Waals surface area contributed by atoms with Crippen LogP contribution in [0, 0.1) is 0 Å². The SMILES string of the molecule is Nc1cccc2c(OCc3ccccc3)c(Cc3ccccc3)c(C(=O)O)nc12. The first-order valence-electron chi connectivity index (χ1n) is 9.28. The molecule has 144 valence electrons. The van der Waals surface area contributed by atoms with E-state index in [4.69, 9.17) is 10.5 Å². The van der Waals surface area contributed by atoms with Gasteiger partial charge >= 0.3 is 5.97 Å². The number of nitrogens with two attached hydrogens (primary N) is 1. The van der Waals surface area contributed by atoms with Crippen molar-refractivity contribution in [3.63, 3.8) is 0 Å². The Morgan fingerprint density at radius 1 is 0.897 bits per heavy atom. The molecule has 4 rings (SSSR count). The van der Waals surface area contributed by atoms with Crippen LogP contribution in [0.3, 0.4) is 0 Å². The molecule has 0 radical (unpaired) electrons. The van der Waals surface area contributed by atoms with E-state index in [1.165, 1.54) is 0 Å². The number of para-hydroxylation sites is 1. The van der Waals surface area contributed by atoms with E-state index in [1.54, 1.807) is 6.07 Å². The highest BCUT2D eigenvalue weighted by Gasteiger charge is 2.22. The Morgan fingerprint density at radius 3 is 2.21 bits per heavy atom. The summed E-state index contributed by atoms with van der Waals surface area (Å²) in [4.78, 5) is 16.4. The lowest BCUT2D eigenvalue weighted by Crippen LogP contribution is -2.11. The molecule has 0 spiro atoms. The maximum atomic E-state index is 12.0. The maximum Gasteiger partial charge on any atom is 0.354 e. The van der Waals surface area contributed by atoms with Crippen molar-refractivity contribution in [2.75, 3.05) is 5.73 Å². The Balaban J connectivity index is 1.89. The fourth-order valence-corrected chi connectivity index (χ4v) is 3.35. The average molecular weight is 384 g/mol. The van der Waals surface area contributed by atoms with Gasteiger partial charge in [0.1, 0.15) is 12.4 Å². The Bertz CT molecular complexity index is 1160. The van der Waals surface area contributed by atoms with E-state index in [0.717, 1.165) is 11.1 Å². The first-order chi connectivity index (χ1) is 14.1. The predicted molar refractivity (Wildman–Crippen MR) is 113 cm³/mol. The van der Waals surface area contributed by atoms with E-state index in [0.29, 0.717) is 40.9 Å². The Kier molecular flexibility index (Phi) is 5.12. The molecule has 0 aliphatic heterocycles. The van der Waals surface area contributed by atoms with Crippen molar-refractivity contribution in [1.82, 2.24) is 4.98 Å². The highest BCUT2D eigenvalue weighted by Crippen LogP contribution is 2.35. The number of aromatic carboxylic acids is 1. The maximum absolute atomic E-state index is 12.0. The van der Waals surface area contributed by atoms with Crippen molar-refractivity contribution in [3.8, 4) is 5.75 Å². The van der Waals surface area contributed by atoms with Crippen LogP contribution in [-0.2, 0) is 13.0 Å². The Hall–Kier alpha value is -3.86. The van der Waals surface area contributed by atoms with Crippen LogP contribution in [0.15, 0.2) is 78.9 Å². The number of carboxylic acids is 1. The fraction of sp³-hybridized carbons (Fsp3) is 0.0833. The van der Waals surface area contributed by atoms with Gasteiger partial charge in [-0.25, -0.2) is 9.78 Å². The summed E-state index contributed by atoms with van der Waals surface area (Å²) in [5, 5.41) is 10.6. The molecular weight excluding hydrogens is 364 g/mol. The van der Waals surface area contributed by atoms with Crippen LogP contribution in [0.25, 0.3) is 10.9 Å². The number of nitrogens with zero attached hydrogens (tertiary/aromatic N) is 1. The van der Waals surface area contributed by atoms with E-state index < -0.39 is 5.97 Å². The number of rotatable bonds is 6. The number of anilines is 1. The van der Waals surface area contributed by atoms with E-state index in [2.05, 4.69) is 4.98 Å². The first kappa shape index (κ1) is 18.5. The monoisotopic (exact) mass is 384 g/mol. The number of ether oxygens (including phenoxy) is 1. The summed E-state index contributed by atoms with van der Waals surface area (Å²) >= 11 is 0. The lowest BCUT2D eigenvalue weighted by atomic mass is 9.99. The molecule has 0 aliphatic rings. The fourth-order valence-electron chi connectivity index (χ4n) is 3.35. The Labute approximate surface area is 168 Å². The first-order valence-corrected chi connectivity index (χ1v) is 9.28. The van der Waals surface area contributed by atoms with Gasteiger partial charge in [0.15, 0.2) is 5.69 Å². The molecule has 3 aromatic carbocycles. The number of benzene rings is 3. The molecule has 1 aromatic heterocycles. The zero-order chi connectivity index (χ0) is 20.2. The van der Waals surface area contributed by atoms with Crippen LogP contribution in [0.4, 0.5) is 5.69 Å². The molecule has 5 heteroatoms. The largest absolute Gasteiger partial charge is 0.488 e. The normalized spacial score (nSPS) is 10.8. The van der Waals surface area contributed by atoms with Crippen molar-refractivity contribution in [2.24, 2.45) is 0 Å². The number of hydrogen-bond donors (Lipinski definition) is 2. The minimum absolute atomic E-state index is 0.0395. The van der Waals surface area contributed by atoms with Crippen LogP contribution in [0.1, 0.15) is 27.2 Å². The molecule has 3 N–H and O–H groups in total. The van der Waals surface area contributed by atoms with Crippen LogP contribution < -0.4 is 10.5 Å². The third-order valence-electron chi connectivity index (χ3n) is 4.75. The van der Waals surface area contributed by atoms with E-state index in [1.807, 2.05) is 72.8 Å². The summed E-state index contributed by atoms with van der Waals surface area (Å²) in [6.45, 7) is 0.315. The third kappa shape index (κ3) is 3.89. The second kappa shape index (κ2) is 8.02. The highest BCUT2D eigenvalue weighted by molar-refractivity contribution is 5.99. The number of aromatic nitrogens is 1. The standard InChI is InChI=1S/C24H20N2O3/c25-20-13-7-12-18-21(20)26-22(24(27)28)19(14-16-8-3-1-4-9-16)23(18)29-15-17-10-5-2-6-11-17/h1-13H,14-15,25H2,(H,27,28). The predicted octanol–water partition coefficient (Wildman–Crippen LogP) is 4.69. The molecule has 4 aromatic rings. The molecule has 0 saturated carbocycles. The number of fused-ring (bicyclic) bond motifs is 1. The van der Waals surface area contributed by atoms with E-state index in [-0.39, 0.29) is 5.69 Å². The lowest BCUT2D eigenvalue weighted by Gasteiger charge is -2.17. The second-order valence-electron chi connectivity index (χ2n) is 6.75. The van der Waals surface area contributed by atoms with Gasteiger partial charge in [-0.2, -0.15) is 0 Å². The van der Waals surface area contributed by atoms with Crippen molar-refractivity contribution in [2.45, 2.75) is 13.0 Å². The molecule has 0 amide bonds. The molecule has 0 aliphatic carbocycles. The van der Waals surface area contributed by atoms with Crippen LogP contribution in [0.5, 0.6) is 5.75 Å². The smallest absolute Gasteiger partial charge is 0.354 e. The van der Waals surface area contributed by atoms with Gasteiger partial charge in [0, 0.05) is 17.4 Å². The van der Waals surface area contributed by atoms with Crippen molar-refractivity contribution >= 4 is 22.6 Å². The zero-order valence-electron chi connectivity index (χ0n) is 15.7.